The fraction of sp³-hybridized carbons (Fsp3) is 0.400. The van der Waals surface area contributed by atoms with Crippen LogP contribution in [0, 0.1) is 0 Å². The number of likely N-dealkylation sites (N-methyl/N-ethyl adjacent to an activating group) is 1. The first-order valence-electron chi connectivity index (χ1n) is 8.68. The molecule has 2 aromatic rings. The summed E-state index contributed by atoms with van der Waals surface area (Å²) in [5, 5.41) is 0. The van der Waals surface area contributed by atoms with E-state index in [-0.39, 0.29) is 5.75 Å². The smallest absolute Gasteiger partial charge is 0.214 e. The number of methoxy groups -OCH3 is 3. The largest absolute Gasteiger partial charge is 0.493 e. The minimum atomic E-state index is -3.33. The number of aryl methyl sites for hydroxylation is 1. The van der Waals surface area contributed by atoms with E-state index >= 15 is 0 Å². The highest BCUT2D eigenvalue weighted by atomic mass is 32.2. The van der Waals surface area contributed by atoms with Gasteiger partial charge in [-0.25, -0.2) is 12.7 Å². The van der Waals surface area contributed by atoms with Gasteiger partial charge in [0.05, 0.1) is 27.1 Å². The van der Waals surface area contributed by atoms with E-state index in [0.29, 0.717) is 36.6 Å². The van der Waals surface area contributed by atoms with Crippen molar-refractivity contribution >= 4 is 10.0 Å². The zero-order valence-electron chi connectivity index (χ0n) is 16.3. The van der Waals surface area contributed by atoms with Gasteiger partial charge in [-0.05, 0) is 36.1 Å². The highest BCUT2D eigenvalue weighted by Crippen LogP contribution is 2.38. The van der Waals surface area contributed by atoms with E-state index in [1.54, 1.807) is 28.4 Å². The van der Waals surface area contributed by atoms with Crippen LogP contribution in [0.1, 0.15) is 11.1 Å². The van der Waals surface area contributed by atoms with Gasteiger partial charge in [0.1, 0.15) is 0 Å². The third-order valence-corrected chi connectivity index (χ3v) is 6.26. The average Bonchev–Trinajstić information content (AvgIpc) is 2.70. The molecule has 0 N–H and O–H groups in total. The first kappa shape index (κ1) is 21.1. The van der Waals surface area contributed by atoms with E-state index in [1.807, 2.05) is 42.5 Å². The lowest BCUT2D eigenvalue weighted by atomic mass is 10.1. The molecule has 148 valence electrons. The molecule has 0 fully saturated rings. The fourth-order valence-electron chi connectivity index (χ4n) is 2.75. The number of hydrogen-bond donors (Lipinski definition) is 0. The molecule has 0 radical (unpaired) electrons. The minimum Gasteiger partial charge on any atom is -0.493 e. The van der Waals surface area contributed by atoms with Crippen LogP contribution in [0.3, 0.4) is 0 Å². The second-order valence-electron chi connectivity index (χ2n) is 6.16. The van der Waals surface area contributed by atoms with Crippen molar-refractivity contribution in [2.45, 2.75) is 12.8 Å². The topological polar surface area (TPSA) is 65.1 Å². The second-order valence-corrected chi connectivity index (χ2v) is 8.35. The summed E-state index contributed by atoms with van der Waals surface area (Å²) in [6.07, 6.45) is 1.04. The fourth-order valence-corrected chi connectivity index (χ4v) is 3.93. The molecule has 0 saturated heterocycles. The van der Waals surface area contributed by atoms with Gasteiger partial charge in [0.25, 0.3) is 0 Å². The molecule has 0 unspecified atom stereocenters. The molecule has 27 heavy (non-hydrogen) atoms. The molecule has 0 aliphatic rings. The Morgan fingerprint density at radius 2 is 1.44 bits per heavy atom. The van der Waals surface area contributed by atoms with Crippen LogP contribution in [-0.4, -0.2) is 53.4 Å². The summed E-state index contributed by atoms with van der Waals surface area (Å²) >= 11 is 0. The van der Waals surface area contributed by atoms with Crippen molar-refractivity contribution in [3.8, 4) is 17.2 Å². The third kappa shape index (κ3) is 5.61. The van der Waals surface area contributed by atoms with Gasteiger partial charge in [0.15, 0.2) is 11.5 Å². The molecule has 0 bridgehead atoms. The summed E-state index contributed by atoms with van der Waals surface area (Å²) < 4.78 is 42.5. The Labute approximate surface area is 161 Å². The van der Waals surface area contributed by atoms with Crippen LogP contribution in [0.4, 0.5) is 0 Å². The lowest BCUT2D eigenvalue weighted by molar-refractivity contribution is 0.323. The Bertz CT molecular complexity index is 812. The van der Waals surface area contributed by atoms with Gasteiger partial charge < -0.3 is 14.2 Å². The summed E-state index contributed by atoms with van der Waals surface area (Å²) in [7, 11) is 2.95. The minimum absolute atomic E-state index is 0.0861. The maximum absolute atomic E-state index is 12.5. The van der Waals surface area contributed by atoms with Crippen molar-refractivity contribution in [3.05, 3.63) is 53.6 Å². The molecule has 7 heteroatoms. The van der Waals surface area contributed by atoms with Crippen LogP contribution in [0.5, 0.6) is 17.2 Å². The lowest BCUT2D eigenvalue weighted by Crippen LogP contribution is -2.31. The highest BCUT2D eigenvalue weighted by molar-refractivity contribution is 7.89. The van der Waals surface area contributed by atoms with Crippen LogP contribution in [0.2, 0.25) is 0 Å². The summed E-state index contributed by atoms with van der Waals surface area (Å²) in [5.74, 6) is 1.72. The van der Waals surface area contributed by atoms with E-state index in [9.17, 15) is 8.42 Å². The van der Waals surface area contributed by atoms with Crippen molar-refractivity contribution < 1.29 is 22.6 Å². The number of benzene rings is 2. The van der Waals surface area contributed by atoms with E-state index < -0.39 is 10.0 Å². The van der Waals surface area contributed by atoms with Crippen LogP contribution in [0.25, 0.3) is 0 Å². The zero-order chi connectivity index (χ0) is 19.9. The van der Waals surface area contributed by atoms with Gasteiger partial charge in [0.2, 0.25) is 15.8 Å². The average molecular weight is 394 g/mol. The third-order valence-electron chi connectivity index (χ3n) is 4.41. The van der Waals surface area contributed by atoms with Crippen molar-refractivity contribution in [1.29, 1.82) is 0 Å². The number of hydrogen-bond acceptors (Lipinski definition) is 5. The molecule has 0 aromatic heterocycles. The molecule has 2 rings (SSSR count). The number of nitrogens with zero attached hydrogens (tertiary/aromatic N) is 1. The molecule has 0 spiro atoms. The van der Waals surface area contributed by atoms with Crippen LogP contribution in [-0.2, 0) is 22.9 Å². The van der Waals surface area contributed by atoms with Crippen LogP contribution in [0.15, 0.2) is 42.5 Å². The van der Waals surface area contributed by atoms with Crippen molar-refractivity contribution in [3.63, 3.8) is 0 Å². The number of ether oxygens (including phenoxy) is 3. The maximum atomic E-state index is 12.5. The number of rotatable bonds is 10. The first-order valence-corrected chi connectivity index (χ1v) is 10.3. The Morgan fingerprint density at radius 1 is 0.852 bits per heavy atom. The van der Waals surface area contributed by atoms with E-state index in [4.69, 9.17) is 14.2 Å². The van der Waals surface area contributed by atoms with Crippen LogP contribution >= 0.6 is 0 Å². The van der Waals surface area contributed by atoms with Gasteiger partial charge in [-0.3, -0.25) is 0 Å². The summed E-state index contributed by atoms with van der Waals surface area (Å²) in [4.78, 5) is 0. The highest BCUT2D eigenvalue weighted by Gasteiger charge is 2.19. The Kier molecular flexibility index (Phi) is 7.50. The maximum Gasteiger partial charge on any atom is 0.214 e. The van der Waals surface area contributed by atoms with Gasteiger partial charge >= 0.3 is 0 Å². The zero-order valence-corrected chi connectivity index (χ0v) is 17.1. The van der Waals surface area contributed by atoms with Gasteiger partial charge in [-0.1, -0.05) is 30.3 Å². The molecule has 0 heterocycles. The molecule has 0 aliphatic heterocycles. The second kappa shape index (κ2) is 9.62. The predicted molar refractivity (Wildman–Crippen MR) is 106 cm³/mol. The molecule has 0 saturated carbocycles. The normalized spacial score (nSPS) is 11.4. The van der Waals surface area contributed by atoms with Crippen molar-refractivity contribution in [2.75, 3.05) is 40.7 Å². The monoisotopic (exact) mass is 393 g/mol. The predicted octanol–water partition coefficient (Wildman–Crippen LogP) is 2.76. The molecule has 0 amide bonds. The molecular weight excluding hydrogens is 366 g/mol. The molecule has 0 aliphatic carbocycles. The van der Waals surface area contributed by atoms with Crippen molar-refractivity contribution in [2.24, 2.45) is 0 Å². The standard InChI is InChI=1S/C20H27NO5S/c1-21(27(22,23)13-11-16-8-6-5-7-9-16)12-10-17-14-18(24-2)20(26-4)19(15-17)25-3/h5-9,14-15H,10-13H2,1-4H3. The molecule has 0 atom stereocenters. The molecule has 6 nitrogen and oxygen atoms in total. The Morgan fingerprint density at radius 3 is 1.96 bits per heavy atom. The lowest BCUT2D eigenvalue weighted by Gasteiger charge is -2.18. The Hall–Kier alpha value is -2.25. The molecule has 2 aromatic carbocycles. The van der Waals surface area contributed by atoms with E-state index in [0.717, 1.165) is 11.1 Å². The number of sulfonamides is 1. The van der Waals surface area contributed by atoms with Gasteiger partial charge in [0, 0.05) is 13.6 Å². The van der Waals surface area contributed by atoms with E-state index in [2.05, 4.69) is 0 Å². The summed E-state index contributed by atoms with van der Waals surface area (Å²) in [6, 6.07) is 13.3. The van der Waals surface area contributed by atoms with E-state index in [1.165, 1.54) is 4.31 Å². The quantitative estimate of drug-likeness (QED) is 0.621. The van der Waals surface area contributed by atoms with Crippen molar-refractivity contribution in [1.82, 2.24) is 4.31 Å². The van der Waals surface area contributed by atoms with Gasteiger partial charge in [-0.2, -0.15) is 0 Å². The first-order chi connectivity index (χ1) is 12.9. The summed E-state index contributed by atoms with van der Waals surface area (Å²) in [5.41, 5.74) is 1.92. The Balaban J connectivity index is 2.02. The summed E-state index contributed by atoms with van der Waals surface area (Å²) in [6.45, 7) is 0.371. The van der Waals surface area contributed by atoms with Gasteiger partial charge in [-0.15, -0.1) is 0 Å². The molecular formula is C20H27NO5S. The van der Waals surface area contributed by atoms with Crippen LogP contribution < -0.4 is 14.2 Å². The SMILES string of the molecule is COc1cc(CCN(C)S(=O)(=O)CCc2ccccc2)cc(OC)c1OC.